The van der Waals surface area contributed by atoms with Gasteiger partial charge in [0.15, 0.2) is 5.96 Å². The van der Waals surface area contributed by atoms with E-state index in [9.17, 15) is 0 Å². The van der Waals surface area contributed by atoms with Crippen molar-refractivity contribution in [1.82, 2.24) is 24.9 Å². The fourth-order valence-electron chi connectivity index (χ4n) is 3.44. The number of morpholine rings is 1. The highest BCUT2D eigenvalue weighted by Crippen LogP contribution is 2.21. The van der Waals surface area contributed by atoms with Crippen molar-refractivity contribution < 1.29 is 9.47 Å². The fraction of sp³-hybridized carbons (Fsp3) is 0.545. The van der Waals surface area contributed by atoms with E-state index in [0.717, 1.165) is 49.9 Å². The van der Waals surface area contributed by atoms with Crippen LogP contribution in [0.25, 0.3) is 0 Å². The smallest absolute Gasteiger partial charge is 0.194 e. The maximum atomic E-state index is 5.94. The molecule has 0 radical (unpaired) electrons. The van der Waals surface area contributed by atoms with Crippen LogP contribution in [0.15, 0.2) is 41.7 Å². The monoisotopic (exact) mass is 542 g/mol. The second kappa shape index (κ2) is 12.9. The summed E-state index contributed by atoms with van der Waals surface area (Å²) in [6.07, 6.45) is 4.91. The molecule has 9 heteroatoms. The van der Waals surface area contributed by atoms with E-state index in [1.54, 1.807) is 4.68 Å². The standard InChI is InChI=1S/C22H34N6O2.HI/c1-23-22(28-11-13-30-21(17-28)19-15-25-27(4)16-19)24-14-18-6-8-20(9-7-18)29-12-5-10-26(2)3;/h6-9,15-16,21H,5,10-14,17H2,1-4H3,(H,23,24);1H. The lowest BCUT2D eigenvalue weighted by molar-refractivity contribution is -0.00805. The van der Waals surface area contributed by atoms with Crippen LogP contribution in [-0.4, -0.2) is 79.5 Å². The molecule has 1 unspecified atom stereocenters. The highest BCUT2D eigenvalue weighted by Gasteiger charge is 2.25. The summed E-state index contributed by atoms with van der Waals surface area (Å²) in [5, 5.41) is 7.73. The van der Waals surface area contributed by atoms with Crippen LogP contribution in [0.1, 0.15) is 23.7 Å². The molecule has 1 aliphatic heterocycles. The van der Waals surface area contributed by atoms with E-state index >= 15 is 0 Å². The van der Waals surface area contributed by atoms with Crippen molar-refractivity contribution in [2.45, 2.75) is 19.1 Å². The lowest BCUT2D eigenvalue weighted by Gasteiger charge is -2.34. The lowest BCUT2D eigenvalue weighted by atomic mass is 10.1. The number of ether oxygens (including phenoxy) is 2. The number of aryl methyl sites for hydroxylation is 1. The summed E-state index contributed by atoms with van der Waals surface area (Å²) in [6.45, 7) is 4.71. The molecule has 0 aliphatic carbocycles. The van der Waals surface area contributed by atoms with Gasteiger partial charge in [0.2, 0.25) is 0 Å². The molecular weight excluding hydrogens is 507 g/mol. The zero-order valence-electron chi connectivity index (χ0n) is 19.0. The molecule has 0 saturated carbocycles. The summed E-state index contributed by atoms with van der Waals surface area (Å²) >= 11 is 0. The zero-order valence-corrected chi connectivity index (χ0v) is 21.3. The van der Waals surface area contributed by atoms with Crippen molar-refractivity contribution in [3.05, 3.63) is 47.8 Å². The van der Waals surface area contributed by atoms with Crippen molar-refractivity contribution in [2.24, 2.45) is 12.0 Å². The molecule has 1 saturated heterocycles. The van der Waals surface area contributed by atoms with E-state index < -0.39 is 0 Å². The van der Waals surface area contributed by atoms with Crippen molar-refractivity contribution >= 4 is 29.9 Å². The van der Waals surface area contributed by atoms with Crippen LogP contribution < -0.4 is 10.1 Å². The third-order valence-corrected chi connectivity index (χ3v) is 5.07. The Bertz CT molecular complexity index is 809. The van der Waals surface area contributed by atoms with Gasteiger partial charge in [-0.15, -0.1) is 24.0 Å². The van der Waals surface area contributed by atoms with Crippen LogP contribution in [0.5, 0.6) is 5.75 Å². The fourth-order valence-corrected chi connectivity index (χ4v) is 3.44. The van der Waals surface area contributed by atoms with Gasteiger partial charge in [0.1, 0.15) is 11.9 Å². The number of nitrogens with one attached hydrogen (secondary N) is 1. The van der Waals surface area contributed by atoms with Gasteiger partial charge in [-0.3, -0.25) is 9.67 Å². The predicted octanol–water partition coefficient (Wildman–Crippen LogP) is 2.52. The first-order chi connectivity index (χ1) is 14.5. The Kier molecular flexibility index (Phi) is 10.6. The SMILES string of the molecule is CN=C(NCc1ccc(OCCCN(C)C)cc1)N1CCOC(c2cnn(C)c2)C1.I. The van der Waals surface area contributed by atoms with E-state index in [0.29, 0.717) is 13.2 Å². The first kappa shape index (κ1) is 25.4. The average molecular weight is 542 g/mol. The molecule has 2 heterocycles. The Morgan fingerprint density at radius 2 is 2.10 bits per heavy atom. The molecule has 8 nitrogen and oxygen atoms in total. The maximum absolute atomic E-state index is 5.94. The number of benzene rings is 1. The zero-order chi connectivity index (χ0) is 21.3. The van der Waals surface area contributed by atoms with Crippen LogP contribution >= 0.6 is 24.0 Å². The Morgan fingerprint density at radius 3 is 2.74 bits per heavy atom. The predicted molar refractivity (Wildman–Crippen MR) is 134 cm³/mol. The number of rotatable bonds is 8. The molecule has 2 aromatic rings. The van der Waals surface area contributed by atoms with Gasteiger partial charge in [-0.2, -0.15) is 5.10 Å². The lowest BCUT2D eigenvalue weighted by Crippen LogP contribution is -2.47. The minimum absolute atomic E-state index is 0. The molecule has 1 aliphatic rings. The van der Waals surface area contributed by atoms with Gasteiger partial charge in [0.25, 0.3) is 0 Å². The minimum Gasteiger partial charge on any atom is -0.494 e. The largest absolute Gasteiger partial charge is 0.494 e. The van der Waals surface area contributed by atoms with E-state index in [-0.39, 0.29) is 30.1 Å². The molecule has 0 spiro atoms. The van der Waals surface area contributed by atoms with Crippen molar-refractivity contribution in [3.8, 4) is 5.75 Å². The van der Waals surface area contributed by atoms with Gasteiger partial charge >= 0.3 is 0 Å². The van der Waals surface area contributed by atoms with E-state index in [2.05, 4.69) is 51.4 Å². The molecule has 0 bridgehead atoms. The van der Waals surface area contributed by atoms with Gasteiger partial charge in [-0.05, 0) is 38.2 Å². The molecule has 31 heavy (non-hydrogen) atoms. The summed E-state index contributed by atoms with van der Waals surface area (Å²) < 4.78 is 13.6. The molecule has 1 fully saturated rings. The van der Waals surface area contributed by atoms with Crippen molar-refractivity contribution in [3.63, 3.8) is 0 Å². The number of hydrogen-bond acceptors (Lipinski definition) is 5. The quantitative estimate of drug-likeness (QED) is 0.240. The maximum Gasteiger partial charge on any atom is 0.194 e. The molecule has 172 valence electrons. The van der Waals surface area contributed by atoms with Crippen molar-refractivity contribution in [1.29, 1.82) is 0 Å². The van der Waals surface area contributed by atoms with E-state index in [1.807, 2.05) is 38.6 Å². The third kappa shape index (κ3) is 7.97. The molecule has 1 aromatic carbocycles. The second-order valence-electron chi connectivity index (χ2n) is 7.80. The van der Waals surface area contributed by atoms with Crippen LogP contribution in [0.3, 0.4) is 0 Å². The molecule has 1 aromatic heterocycles. The Labute approximate surface area is 202 Å². The minimum atomic E-state index is 0. The van der Waals surface area contributed by atoms with Crippen LogP contribution in [0.2, 0.25) is 0 Å². The summed E-state index contributed by atoms with van der Waals surface area (Å²) in [5.74, 6) is 1.80. The Hall–Kier alpha value is -1.85. The van der Waals surface area contributed by atoms with Gasteiger partial charge in [0, 0.05) is 45.5 Å². The molecule has 1 N–H and O–H groups in total. The van der Waals surface area contributed by atoms with E-state index in [4.69, 9.17) is 9.47 Å². The number of halogens is 1. The summed E-state index contributed by atoms with van der Waals surface area (Å²) in [6, 6.07) is 8.25. The third-order valence-electron chi connectivity index (χ3n) is 5.07. The number of guanidine groups is 1. The van der Waals surface area contributed by atoms with Crippen LogP contribution in [-0.2, 0) is 18.3 Å². The molecule has 1 atom stereocenters. The Morgan fingerprint density at radius 1 is 1.32 bits per heavy atom. The van der Waals surface area contributed by atoms with Gasteiger partial charge in [0.05, 0.1) is 26.0 Å². The van der Waals surface area contributed by atoms with Crippen molar-refractivity contribution in [2.75, 3.05) is 54.0 Å². The van der Waals surface area contributed by atoms with Crippen LogP contribution in [0.4, 0.5) is 0 Å². The highest BCUT2D eigenvalue weighted by atomic mass is 127. The first-order valence-corrected chi connectivity index (χ1v) is 10.5. The summed E-state index contributed by atoms with van der Waals surface area (Å²) in [5.41, 5.74) is 2.28. The molecule has 0 amide bonds. The normalized spacial score (nSPS) is 16.9. The second-order valence-corrected chi connectivity index (χ2v) is 7.80. The van der Waals surface area contributed by atoms with Gasteiger partial charge < -0.3 is 24.6 Å². The summed E-state index contributed by atoms with van der Waals surface area (Å²) in [4.78, 5) is 8.87. The van der Waals surface area contributed by atoms with Crippen LogP contribution in [0, 0.1) is 0 Å². The highest BCUT2D eigenvalue weighted by molar-refractivity contribution is 14.0. The van der Waals surface area contributed by atoms with Gasteiger partial charge in [-0.25, -0.2) is 0 Å². The van der Waals surface area contributed by atoms with E-state index in [1.165, 1.54) is 5.56 Å². The number of nitrogens with zero attached hydrogens (tertiary/aromatic N) is 5. The number of aromatic nitrogens is 2. The van der Waals surface area contributed by atoms with Gasteiger partial charge in [-0.1, -0.05) is 12.1 Å². The number of aliphatic imine (C=N–C) groups is 1. The topological polar surface area (TPSA) is 67.2 Å². The Balaban J connectivity index is 0.00000341. The summed E-state index contributed by atoms with van der Waals surface area (Å²) in [7, 11) is 7.89. The first-order valence-electron chi connectivity index (χ1n) is 10.5. The number of hydrogen-bond donors (Lipinski definition) is 1. The molecule has 3 rings (SSSR count). The molecular formula is C22H35IN6O2. The average Bonchev–Trinajstić information content (AvgIpc) is 3.19.